The van der Waals surface area contributed by atoms with Crippen LogP contribution in [0.1, 0.15) is 23.1 Å². The molecule has 1 N–H and O–H groups in total. The number of hydrogen-bond acceptors (Lipinski definition) is 2. The molecule has 0 bridgehead atoms. The fraction of sp³-hybridized carbons (Fsp3) is 0.462. The van der Waals surface area contributed by atoms with Crippen LogP contribution in [0, 0.1) is 13.8 Å². The van der Waals surface area contributed by atoms with Crippen molar-refractivity contribution in [1.82, 2.24) is 4.90 Å². The van der Waals surface area contributed by atoms with Crippen LogP contribution in [-0.4, -0.2) is 28.6 Å². The lowest BCUT2D eigenvalue weighted by Crippen LogP contribution is -2.26. The van der Waals surface area contributed by atoms with Gasteiger partial charge in [0.15, 0.2) is 0 Å². The molecule has 1 fully saturated rings. The summed E-state index contributed by atoms with van der Waals surface area (Å²) in [5, 5.41) is 9.42. The first-order chi connectivity index (χ1) is 7.58. The molecule has 16 heavy (non-hydrogen) atoms. The summed E-state index contributed by atoms with van der Waals surface area (Å²) >= 11 is 0. The van der Waals surface area contributed by atoms with E-state index < -0.39 is 6.10 Å². The molecule has 86 valence electrons. The SMILES string of the molecule is Cc1cccc(C)c1CN1CC(O)CC1=O. The van der Waals surface area contributed by atoms with E-state index in [9.17, 15) is 9.90 Å². The first-order valence-electron chi connectivity index (χ1n) is 5.59. The van der Waals surface area contributed by atoms with Gasteiger partial charge in [-0.1, -0.05) is 18.2 Å². The quantitative estimate of drug-likeness (QED) is 0.816. The van der Waals surface area contributed by atoms with E-state index in [2.05, 4.69) is 26.0 Å². The van der Waals surface area contributed by atoms with Gasteiger partial charge >= 0.3 is 0 Å². The monoisotopic (exact) mass is 219 g/mol. The van der Waals surface area contributed by atoms with Crippen LogP contribution in [0.2, 0.25) is 0 Å². The van der Waals surface area contributed by atoms with Crippen LogP contribution in [0.5, 0.6) is 0 Å². The maximum absolute atomic E-state index is 11.6. The maximum Gasteiger partial charge on any atom is 0.225 e. The van der Waals surface area contributed by atoms with Gasteiger partial charge in [-0.3, -0.25) is 4.79 Å². The van der Waals surface area contributed by atoms with E-state index >= 15 is 0 Å². The number of aliphatic hydroxyl groups is 1. The standard InChI is InChI=1S/C13H17NO2/c1-9-4-3-5-10(2)12(9)8-14-7-11(15)6-13(14)16/h3-5,11,15H,6-8H2,1-2H3. The van der Waals surface area contributed by atoms with Crippen LogP contribution >= 0.6 is 0 Å². The van der Waals surface area contributed by atoms with Gasteiger partial charge in [0.2, 0.25) is 5.91 Å². The lowest BCUT2D eigenvalue weighted by atomic mass is 10.0. The molecule has 0 spiro atoms. The molecule has 1 aliphatic heterocycles. The van der Waals surface area contributed by atoms with Crippen molar-refractivity contribution in [1.29, 1.82) is 0 Å². The molecule has 1 aliphatic rings. The van der Waals surface area contributed by atoms with Crippen molar-refractivity contribution in [2.45, 2.75) is 32.9 Å². The van der Waals surface area contributed by atoms with Gasteiger partial charge in [0.25, 0.3) is 0 Å². The third-order valence-electron chi connectivity index (χ3n) is 3.19. The average Bonchev–Trinajstić information content (AvgIpc) is 2.51. The van der Waals surface area contributed by atoms with Gasteiger partial charge in [-0.05, 0) is 30.5 Å². The molecule has 0 aliphatic carbocycles. The number of aliphatic hydroxyl groups excluding tert-OH is 1. The van der Waals surface area contributed by atoms with Crippen molar-refractivity contribution in [3.8, 4) is 0 Å². The molecule has 0 aromatic heterocycles. The van der Waals surface area contributed by atoms with Gasteiger partial charge < -0.3 is 10.0 Å². The molecule has 2 rings (SSSR count). The van der Waals surface area contributed by atoms with Crippen LogP contribution in [0.15, 0.2) is 18.2 Å². The number of carbonyl (C=O) groups is 1. The minimum absolute atomic E-state index is 0.0511. The summed E-state index contributed by atoms with van der Waals surface area (Å²) in [6.45, 7) is 5.19. The Morgan fingerprint density at radius 2 is 2.00 bits per heavy atom. The molecule has 0 saturated carbocycles. The van der Waals surface area contributed by atoms with E-state index in [1.807, 2.05) is 6.07 Å². The normalized spacial score (nSPS) is 20.6. The van der Waals surface area contributed by atoms with E-state index in [0.717, 1.165) is 0 Å². The Morgan fingerprint density at radius 3 is 2.50 bits per heavy atom. The second-order valence-corrected chi connectivity index (χ2v) is 4.50. The van der Waals surface area contributed by atoms with Gasteiger partial charge in [-0.15, -0.1) is 0 Å². The number of amides is 1. The lowest BCUT2D eigenvalue weighted by Gasteiger charge is -2.18. The van der Waals surface area contributed by atoms with Gasteiger partial charge in [0.05, 0.1) is 12.5 Å². The molecule has 1 saturated heterocycles. The molecule has 1 heterocycles. The average molecular weight is 219 g/mol. The Labute approximate surface area is 95.7 Å². The molecule has 1 atom stereocenters. The highest BCUT2D eigenvalue weighted by molar-refractivity contribution is 5.79. The van der Waals surface area contributed by atoms with Gasteiger partial charge in [0.1, 0.15) is 0 Å². The summed E-state index contributed by atoms with van der Waals surface area (Å²) in [6.07, 6.45) is -0.220. The smallest absolute Gasteiger partial charge is 0.225 e. The van der Waals surface area contributed by atoms with E-state index in [1.165, 1.54) is 16.7 Å². The van der Waals surface area contributed by atoms with Gasteiger partial charge in [0, 0.05) is 13.1 Å². The highest BCUT2D eigenvalue weighted by atomic mass is 16.3. The number of rotatable bonds is 2. The Balaban J connectivity index is 2.18. The minimum Gasteiger partial charge on any atom is -0.391 e. The summed E-state index contributed by atoms with van der Waals surface area (Å²) in [7, 11) is 0. The lowest BCUT2D eigenvalue weighted by molar-refractivity contribution is -0.128. The van der Waals surface area contributed by atoms with Crippen molar-refractivity contribution < 1.29 is 9.90 Å². The second kappa shape index (κ2) is 4.26. The highest BCUT2D eigenvalue weighted by Gasteiger charge is 2.28. The van der Waals surface area contributed by atoms with Crippen molar-refractivity contribution in [3.63, 3.8) is 0 Å². The van der Waals surface area contributed by atoms with Crippen molar-refractivity contribution in [2.24, 2.45) is 0 Å². The number of nitrogens with zero attached hydrogens (tertiary/aromatic N) is 1. The molecule has 1 aromatic rings. The predicted molar refractivity (Wildman–Crippen MR) is 62.0 cm³/mol. The second-order valence-electron chi connectivity index (χ2n) is 4.50. The van der Waals surface area contributed by atoms with Crippen LogP contribution in [0.4, 0.5) is 0 Å². The number of likely N-dealkylation sites (tertiary alicyclic amines) is 1. The van der Waals surface area contributed by atoms with Crippen molar-refractivity contribution in [2.75, 3.05) is 6.54 Å². The van der Waals surface area contributed by atoms with Crippen LogP contribution in [-0.2, 0) is 11.3 Å². The fourth-order valence-electron chi connectivity index (χ4n) is 2.19. The summed E-state index contributed by atoms with van der Waals surface area (Å²) in [5.41, 5.74) is 3.60. The Bertz CT molecular complexity index is 394. The molecule has 3 heteroatoms. The molecule has 1 amide bonds. The Kier molecular flexibility index (Phi) is 2.97. The van der Waals surface area contributed by atoms with E-state index in [-0.39, 0.29) is 12.3 Å². The molecule has 1 unspecified atom stereocenters. The molecule has 0 radical (unpaired) electrons. The molecular formula is C13H17NO2. The largest absolute Gasteiger partial charge is 0.391 e. The zero-order valence-corrected chi connectivity index (χ0v) is 9.73. The van der Waals surface area contributed by atoms with Crippen LogP contribution in [0.25, 0.3) is 0 Å². The first kappa shape index (κ1) is 11.1. The summed E-state index contributed by atoms with van der Waals surface area (Å²) in [5.74, 6) is 0.0511. The molecule has 3 nitrogen and oxygen atoms in total. The van der Waals surface area contributed by atoms with Crippen LogP contribution in [0.3, 0.4) is 0 Å². The highest BCUT2D eigenvalue weighted by Crippen LogP contribution is 2.19. The molecular weight excluding hydrogens is 202 g/mol. The van der Waals surface area contributed by atoms with E-state index in [1.54, 1.807) is 4.90 Å². The third-order valence-corrected chi connectivity index (χ3v) is 3.19. The number of aryl methyl sites for hydroxylation is 2. The van der Waals surface area contributed by atoms with E-state index in [0.29, 0.717) is 13.1 Å². The van der Waals surface area contributed by atoms with Gasteiger partial charge in [-0.2, -0.15) is 0 Å². The minimum atomic E-state index is -0.489. The maximum atomic E-state index is 11.6. The zero-order chi connectivity index (χ0) is 11.7. The Morgan fingerprint density at radius 1 is 1.38 bits per heavy atom. The summed E-state index contributed by atoms with van der Waals surface area (Å²) < 4.78 is 0. The number of carbonyl (C=O) groups excluding carboxylic acids is 1. The van der Waals surface area contributed by atoms with Crippen LogP contribution < -0.4 is 0 Å². The predicted octanol–water partition coefficient (Wildman–Crippen LogP) is 1.40. The number of β-amino-alcohol motifs (C(OH)–C–C–N with tert-alkyl or cyclic N) is 1. The topological polar surface area (TPSA) is 40.5 Å². The Hall–Kier alpha value is -1.35. The van der Waals surface area contributed by atoms with Gasteiger partial charge in [-0.25, -0.2) is 0 Å². The summed E-state index contributed by atoms with van der Waals surface area (Å²) in [4.78, 5) is 13.3. The fourth-order valence-corrected chi connectivity index (χ4v) is 2.19. The van der Waals surface area contributed by atoms with Crippen molar-refractivity contribution in [3.05, 3.63) is 34.9 Å². The third kappa shape index (κ3) is 2.09. The summed E-state index contributed by atoms with van der Waals surface area (Å²) in [6, 6.07) is 6.13. The first-order valence-corrected chi connectivity index (χ1v) is 5.59. The van der Waals surface area contributed by atoms with E-state index in [4.69, 9.17) is 0 Å². The molecule has 1 aromatic carbocycles. The number of benzene rings is 1. The zero-order valence-electron chi connectivity index (χ0n) is 9.73. The van der Waals surface area contributed by atoms with Crippen molar-refractivity contribution >= 4 is 5.91 Å². The number of hydrogen-bond donors (Lipinski definition) is 1.